The van der Waals surface area contributed by atoms with Crippen LogP contribution in [0.25, 0.3) is 5.69 Å². The van der Waals surface area contributed by atoms with Crippen molar-refractivity contribution >= 4 is 60.2 Å². The van der Waals surface area contributed by atoms with Crippen LogP contribution >= 0.6 is 23.2 Å². The van der Waals surface area contributed by atoms with Crippen molar-refractivity contribution in [1.29, 1.82) is 0 Å². The predicted molar refractivity (Wildman–Crippen MR) is 173 cm³/mol. The molecule has 2 N–H and O–H groups in total. The summed E-state index contributed by atoms with van der Waals surface area (Å²) >= 11 is 11.8. The Morgan fingerprint density at radius 2 is 1.73 bits per heavy atom. The molecule has 0 saturated heterocycles. The maximum atomic E-state index is 12.8. The van der Waals surface area contributed by atoms with E-state index in [2.05, 4.69) is 20.1 Å². The third kappa shape index (κ3) is 7.53. The van der Waals surface area contributed by atoms with E-state index in [1.165, 1.54) is 43.0 Å². The van der Waals surface area contributed by atoms with Crippen LogP contribution in [0.15, 0.2) is 50.1 Å². The highest BCUT2D eigenvalue weighted by atomic mass is 35.5. The van der Waals surface area contributed by atoms with E-state index in [0.717, 1.165) is 18.6 Å². The van der Waals surface area contributed by atoms with Crippen molar-refractivity contribution in [1.82, 2.24) is 24.1 Å². The SMILES string of the molecule is Cc1c(C(=O)c2c[nH]n(C)c2=O)ccc(S(C)(=O)=O)c1C1=NOCC1.Cc1nn(-c2cc(NS(C)(=O)=O)c(Cl)cc2Cl)c(=O)n1C(F)F. The van der Waals surface area contributed by atoms with Gasteiger partial charge in [-0.1, -0.05) is 28.4 Å². The Labute approximate surface area is 281 Å². The summed E-state index contributed by atoms with van der Waals surface area (Å²) in [5.41, 5.74) is -0.152. The van der Waals surface area contributed by atoms with Crippen LogP contribution in [0.4, 0.5) is 14.5 Å². The number of halogens is 4. The molecular formula is C27H27Cl2F2N7O8S2. The number of sulfonamides is 1. The zero-order valence-electron chi connectivity index (χ0n) is 25.7. The van der Waals surface area contributed by atoms with Crippen LogP contribution in [0.3, 0.4) is 0 Å². The molecule has 0 fully saturated rings. The van der Waals surface area contributed by atoms with E-state index in [4.69, 9.17) is 28.0 Å². The Kier molecular flexibility index (Phi) is 10.4. The van der Waals surface area contributed by atoms with Gasteiger partial charge < -0.3 is 9.94 Å². The van der Waals surface area contributed by atoms with Crippen LogP contribution < -0.4 is 16.0 Å². The number of rotatable bonds is 8. The van der Waals surface area contributed by atoms with Crippen molar-refractivity contribution in [2.45, 2.75) is 31.7 Å². The van der Waals surface area contributed by atoms with Crippen molar-refractivity contribution in [2.24, 2.45) is 12.2 Å². The first-order chi connectivity index (χ1) is 22.2. The molecule has 3 heterocycles. The first-order valence-electron chi connectivity index (χ1n) is 13.5. The van der Waals surface area contributed by atoms with Crippen LogP contribution in [0.2, 0.25) is 10.0 Å². The highest BCUT2D eigenvalue weighted by molar-refractivity contribution is 7.92. The van der Waals surface area contributed by atoms with E-state index >= 15 is 0 Å². The van der Waals surface area contributed by atoms with Crippen LogP contribution in [-0.2, 0) is 31.7 Å². The van der Waals surface area contributed by atoms with Crippen molar-refractivity contribution in [3.05, 3.63) is 89.4 Å². The molecule has 4 aromatic rings. The van der Waals surface area contributed by atoms with Crippen molar-refractivity contribution in [3.8, 4) is 5.69 Å². The number of hydrogen-bond acceptors (Lipinski definition) is 10. The second-order valence-electron chi connectivity index (χ2n) is 10.4. The number of alkyl halides is 2. The van der Waals surface area contributed by atoms with Gasteiger partial charge in [-0.3, -0.25) is 19.0 Å². The Bertz CT molecular complexity index is 2310. The Balaban J connectivity index is 0.000000218. The van der Waals surface area contributed by atoms with Crippen LogP contribution in [0.1, 0.15) is 45.8 Å². The molecule has 258 valence electrons. The second-order valence-corrected chi connectivity index (χ2v) is 15.0. The van der Waals surface area contributed by atoms with E-state index in [9.17, 15) is 40.0 Å². The lowest BCUT2D eigenvalue weighted by Gasteiger charge is -2.13. The van der Waals surface area contributed by atoms with Gasteiger partial charge in [0.2, 0.25) is 10.0 Å². The lowest BCUT2D eigenvalue weighted by molar-refractivity contribution is 0.0640. The topological polar surface area (TPSA) is 197 Å². The van der Waals surface area contributed by atoms with Gasteiger partial charge in [-0.05, 0) is 43.7 Å². The summed E-state index contributed by atoms with van der Waals surface area (Å²) in [6.45, 7) is 0.156. The number of carbonyl (C=O) groups excluding carboxylic acids is 1. The minimum absolute atomic E-state index is 0.00623. The molecule has 48 heavy (non-hydrogen) atoms. The fourth-order valence-electron chi connectivity index (χ4n) is 4.69. The van der Waals surface area contributed by atoms with Gasteiger partial charge in [0, 0.05) is 37.0 Å². The molecule has 0 atom stereocenters. The van der Waals surface area contributed by atoms with Gasteiger partial charge in [0.15, 0.2) is 15.6 Å². The summed E-state index contributed by atoms with van der Waals surface area (Å²) in [5.74, 6) is -0.700. The van der Waals surface area contributed by atoms with Gasteiger partial charge in [0.05, 0.1) is 38.3 Å². The zero-order chi connectivity index (χ0) is 35.9. The van der Waals surface area contributed by atoms with E-state index in [-0.39, 0.29) is 47.8 Å². The van der Waals surface area contributed by atoms with Crippen molar-refractivity contribution in [2.75, 3.05) is 23.8 Å². The smallest absolute Gasteiger partial charge is 0.355 e. The maximum Gasteiger partial charge on any atom is 0.355 e. The number of hydrogen-bond donors (Lipinski definition) is 2. The number of carbonyl (C=O) groups is 1. The van der Waals surface area contributed by atoms with Crippen LogP contribution in [0.5, 0.6) is 0 Å². The summed E-state index contributed by atoms with van der Waals surface area (Å²) in [4.78, 5) is 41.9. The highest BCUT2D eigenvalue weighted by Crippen LogP contribution is 2.32. The number of H-pyrrole nitrogens is 1. The number of aromatic amines is 1. The summed E-state index contributed by atoms with van der Waals surface area (Å²) in [5, 5.41) is 10.2. The van der Waals surface area contributed by atoms with Gasteiger partial charge in [-0.2, -0.15) is 13.5 Å². The van der Waals surface area contributed by atoms with Crippen LogP contribution in [0, 0.1) is 13.8 Å². The average molecular weight is 751 g/mol. The zero-order valence-corrected chi connectivity index (χ0v) is 28.9. The molecule has 0 amide bonds. The second kappa shape index (κ2) is 13.7. The third-order valence-corrected chi connectivity index (χ3v) is 9.23. The number of ketones is 1. The molecule has 2 aromatic heterocycles. The van der Waals surface area contributed by atoms with E-state index in [1.807, 2.05) is 0 Å². The van der Waals surface area contributed by atoms with E-state index < -0.39 is 43.4 Å². The number of nitrogens with zero attached hydrogens (tertiary/aromatic N) is 5. The molecule has 1 aliphatic heterocycles. The third-order valence-electron chi connectivity index (χ3n) is 6.88. The molecule has 2 aromatic carbocycles. The minimum atomic E-state index is -3.65. The first-order valence-corrected chi connectivity index (χ1v) is 18.0. The molecule has 0 aliphatic carbocycles. The van der Waals surface area contributed by atoms with Crippen molar-refractivity contribution < 1.29 is 35.2 Å². The first kappa shape index (κ1) is 36.5. The molecule has 0 bridgehead atoms. The number of aryl methyl sites for hydroxylation is 2. The van der Waals surface area contributed by atoms with Gasteiger partial charge in [0.25, 0.3) is 5.56 Å². The quantitative estimate of drug-likeness (QED) is 0.254. The molecule has 0 saturated carbocycles. The largest absolute Gasteiger partial charge is 0.395 e. The molecule has 21 heteroatoms. The number of sulfone groups is 1. The molecule has 0 spiro atoms. The van der Waals surface area contributed by atoms with Gasteiger partial charge in [-0.25, -0.2) is 26.2 Å². The molecular weight excluding hydrogens is 723 g/mol. The Morgan fingerprint density at radius 1 is 1.06 bits per heavy atom. The molecule has 0 radical (unpaired) electrons. The Hall–Kier alpha value is -4.33. The number of benzene rings is 2. The van der Waals surface area contributed by atoms with Gasteiger partial charge in [0.1, 0.15) is 18.0 Å². The summed E-state index contributed by atoms with van der Waals surface area (Å²) < 4.78 is 76.7. The molecule has 0 unspecified atom stereocenters. The predicted octanol–water partition coefficient (Wildman–Crippen LogP) is 3.20. The molecule has 15 nitrogen and oxygen atoms in total. The number of oxime groups is 1. The summed E-state index contributed by atoms with van der Waals surface area (Å²) in [7, 11) is -5.66. The van der Waals surface area contributed by atoms with E-state index in [0.29, 0.717) is 34.5 Å². The minimum Gasteiger partial charge on any atom is -0.395 e. The number of nitrogens with one attached hydrogen (secondary N) is 2. The van der Waals surface area contributed by atoms with Gasteiger partial charge in [-0.15, -0.1) is 5.10 Å². The maximum absolute atomic E-state index is 12.8. The van der Waals surface area contributed by atoms with Crippen molar-refractivity contribution in [3.63, 3.8) is 0 Å². The fourth-order valence-corrected chi connectivity index (χ4v) is 6.78. The highest BCUT2D eigenvalue weighted by Gasteiger charge is 2.27. The average Bonchev–Trinajstić information content (AvgIpc) is 3.69. The standard InChI is InChI=1S/C16H17N3O5S.C11H10Cl2F2N4O3S/c1-9-10(15(20)11-8-17-19(2)16(11)21)4-5-13(25(3,22)23)14(9)12-6-7-24-18-12;1-5-16-19(11(20)18(5)10(14)15)9-4-8(17-23(2,21)22)6(12)3-7(9)13/h4-5,8,17H,6-7H2,1-3H3;3-4,10,17H,1-2H3. The lowest BCUT2D eigenvalue weighted by atomic mass is 9.93. The fraction of sp³-hybridized carbons (Fsp3) is 0.296. The van der Waals surface area contributed by atoms with E-state index in [1.54, 1.807) is 6.92 Å². The summed E-state index contributed by atoms with van der Waals surface area (Å²) in [6.07, 6.45) is 3.79. The lowest BCUT2D eigenvalue weighted by Crippen LogP contribution is -2.25. The van der Waals surface area contributed by atoms with Gasteiger partial charge >= 0.3 is 12.2 Å². The normalized spacial score (nSPS) is 13.2. The Morgan fingerprint density at radius 3 is 2.23 bits per heavy atom. The monoisotopic (exact) mass is 749 g/mol. The number of anilines is 1. The summed E-state index contributed by atoms with van der Waals surface area (Å²) in [6, 6.07) is 5.12. The molecule has 5 rings (SSSR count). The van der Waals surface area contributed by atoms with Crippen LogP contribution in [-0.4, -0.2) is 71.6 Å². The number of aromatic nitrogens is 5. The molecule has 1 aliphatic rings.